The molecule has 0 aromatic heterocycles. The zero-order valence-corrected chi connectivity index (χ0v) is 12.9. The molecule has 0 atom stereocenters. The number of fused-ring (bicyclic) bond motifs is 2. The third-order valence-electron chi connectivity index (χ3n) is 3.58. The molecule has 5 heteroatoms. The van der Waals surface area contributed by atoms with Gasteiger partial charge >= 0.3 is 5.97 Å². The zero-order chi connectivity index (χ0) is 15.7. The number of carbonyl (C=O) groups is 2. The van der Waals surface area contributed by atoms with Crippen LogP contribution in [-0.4, -0.2) is 17.0 Å². The van der Waals surface area contributed by atoms with Crippen molar-refractivity contribution in [1.29, 1.82) is 0 Å². The molecule has 0 bridgehead atoms. The molecule has 0 spiro atoms. The van der Waals surface area contributed by atoms with Crippen LogP contribution in [0, 0.1) is 0 Å². The molecule has 0 saturated carbocycles. The Morgan fingerprint density at radius 1 is 1.05 bits per heavy atom. The summed E-state index contributed by atoms with van der Waals surface area (Å²) in [6.45, 7) is 1.49. The fourth-order valence-electron chi connectivity index (χ4n) is 2.53. The normalized spacial score (nSPS) is 12.8. The van der Waals surface area contributed by atoms with Crippen LogP contribution in [0.25, 0.3) is 0 Å². The van der Waals surface area contributed by atoms with E-state index < -0.39 is 5.97 Å². The van der Waals surface area contributed by atoms with Crippen LogP contribution in [0.2, 0.25) is 0 Å². The lowest BCUT2D eigenvalue weighted by molar-refractivity contribution is -0.114. The number of nitrogens with one attached hydrogen (secondary N) is 1. The van der Waals surface area contributed by atoms with E-state index in [1.807, 2.05) is 24.3 Å². The average molecular weight is 313 g/mol. The number of rotatable bonds is 2. The van der Waals surface area contributed by atoms with Crippen molar-refractivity contribution in [2.45, 2.75) is 29.6 Å². The fourth-order valence-corrected chi connectivity index (χ4v) is 3.68. The second-order valence-corrected chi connectivity index (χ2v) is 6.32. The van der Waals surface area contributed by atoms with E-state index in [0.29, 0.717) is 5.56 Å². The van der Waals surface area contributed by atoms with Gasteiger partial charge in [-0.3, -0.25) is 4.79 Å². The van der Waals surface area contributed by atoms with Crippen molar-refractivity contribution in [2.75, 3.05) is 5.32 Å². The molecule has 22 heavy (non-hydrogen) atoms. The monoisotopic (exact) mass is 313 g/mol. The Morgan fingerprint density at radius 2 is 1.82 bits per heavy atom. The van der Waals surface area contributed by atoms with Gasteiger partial charge in [-0.2, -0.15) is 0 Å². The van der Waals surface area contributed by atoms with Gasteiger partial charge in [0.1, 0.15) is 0 Å². The predicted octanol–water partition coefficient (Wildman–Crippen LogP) is 3.59. The molecular formula is C17H15NO3S. The molecule has 1 aliphatic rings. The second kappa shape index (κ2) is 5.85. The van der Waals surface area contributed by atoms with E-state index in [9.17, 15) is 9.59 Å². The molecule has 1 amide bonds. The van der Waals surface area contributed by atoms with Crippen LogP contribution in [-0.2, 0) is 17.6 Å². The number of aryl methyl sites for hydroxylation is 2. The van der Waals surface area contributed by atoms with Crippen LogP contribution in [0.5, 0.6) is 0 Å². The van der Waals surface area contributed by atoms with Crippen LogP contribution in [0.3, 0.4) is 0 Å². The highest BCUT2D eigenvalue weighted by Gasteiger charge is 2.16. The Morgan fingerprint density at radius 3 is 2.55 bits per heavy atom. The summed E-state index contributed by atoms with van der Waals surface area (Å²) in [5, 5.41) is 11.9. The van der Waals surface area contributed by atoms with Crippen molar-refractivity contribution in [3.8, 4) is 0 Å². The lowest BCUT2D eigenvalue weighted by Gasteiger charge is -2.09. The summed E-state index contributed by atoms with van der Waals surface area (Å²) in [4.78, 5) is 24.4. The number of carbonyl (C=O) groups excluding carboxylic acids is 1. The van der Waals surface area contributed by atoms with Gasteiger partial charge in [0.2, 0.25) is 5.91 Å². The SMILES string of the molecule is CC(=O)Nc1ccc2c(c1)CCc1ccc(C(=O)O)cc1S2. The maximum Gasteiger partial charge on any atom is 0.335 e. The third kappa shape index (κ3) is 2.99. The quantitative estimate of drug-likeness (QED) is 0.889. The standard InChI is InChI=1S/C17H15NO3S/c1-10(19)18-14-6-7-15-12(8-14)4-2-11-3-5-13(17(20)21)9-16(11)22-15/h3,5-9H,2,4H2,1H3,(H,18,19)(H,20,21). The molecular weight excluding hydrogens is 298 g/mol. The highest BCUT2D eigenvalue weighted by Crippen LogP contribution is 2.38. The topological polar surface area (TPSA) is 66.4 Å². The van der Waals surface area contributed by atoms with Gasteiger partial charge in [-0.1, -0.05) is 17.8 Å². The van der Waals surface area contributed by atoms with Gasteiger partial charge in [-0.15, -0.1) is 0 Å². The lowest BCUT2D eigenvalue weighted by Crippen LogP contribution is -2.06. The molecule has 2 aromatic carbocycles. The highest BCUT2D eigenvalue weighted by molar-refractivity contribution is 7.99. The maximum atomic E-state index is 11.2. The summed E-state index contributed by atoms with van der Waals surface area (Å²) in [5.74, 6) is -0.996. The molecule has 0 saturated heterocycles. The predicted molar refractivity (Wildman–Crippen MR) is 85.7 cm³/mol. The van der Waals surface area contributed by atoms with Crippen LogP contribution in [0.4, 0.5) is 5.69 Å². The Hall–Kier alpha value is -2.27. The molecule has 0 fully saturated rings. The summed E-state index contributed by atoms with van der Waals surface area (Å²) < 4.78 is 0. The van der Waals surface area contributed by atoms with Gasteiger partial charge in [0.15, 0.2) is 0 Å². The number of carboxylic acids is 1. The van der Waals surface area contributed by atoms with Crippen molar-refractivity contribution >= 4 is 29.3 Å². The van der Waals surface area contributed by atoms with Crippen molar-refractivity contribution in [3.63, 3.8) is 0 Å². The third-order valence-corrected chi connectivity index (χ3v) is 4.80. The number of anilines is 1. The van der Waals surface area contributed by atoms with E-state index in [1.54, 1.807) is 23.9 Å². The first kappa shape index (κ1) is 14.7. The molecule has 2 aromatic rings. The molecule has 0 unspecified atom stereocenters. The van der Waals surface area contributed by atoms with Crippen molar-refractivity contribution in [3.05, 3.63) is 53.1 Å². The van der Waals surface area contributed by atoms with Gasteiger partial charge < -0.3 is 10.4 Å². The van der Waals surface area contributed by atoms with E-state index in [-0.39, 0.29) is 5.91 Å². The highest BCUT2D eigenvalue weighted by atomic mass is 32.2. The van der Waals surface area contributed by atoms with E-state index in [4.69, 9.17) is 5.11 Å². The number of carboxylic acid groups (broad SMARTS) is 1. The number of benzene rings is 2. The molecule has 2 N–H and O–H groups in total. The van der Waals surface area contributed by atoms with Gasteiger partial charge in [0.05, 0.1) is 5.56 Å². The summed E-state index contributed by atoms with van der Waals surface area (Å²) >= 11 is 1.59. The van der Waals surface area contributed by atoms with Gasteiger partial charge in [-0.25, -0.2) is 4.79 Å². The van der Waals surface area contributed by atoms with Crippen molar-refractivity contribution in [2.24, 2.45) is 0 Å². The largest absolute Gasteiger partial charge is 0.478 e. The lowest BCUT2D eigenvalue weighted by atomic mass is 10.0. The zero-order valence-electron chi connectivity index (χ0n) is 12.1. The fraction of sp³-hybridized carbons (Fsp3) is 0.176. The Kier molecular flexibility index (Phi) is 3.90. The summed E-state index contributed by atoms with van der Waals surface area (Å²) in [5.41, 5.74) is 3.44. The van der Waals surface area contributed by atoms with Crippen molar-refractivity contribution < 1.29 is 14.7 Å². The van der Waals surface area contributed by atoms with E-state index >= 15 is 0 Å². The molecule has 3 rings (SSSR count). The first-order valence-electron chi connectivity index (χ1n) is 6.97. The van der Waals surface area contributed by atoms with Crippen LogP contribution in [0.15, 0.2) is 46.2 Å². The Bertz CT molecular complexity index is 770. The minimum absolute atomic E-state index is 0.0874. The number of hydrogen-bond donors (Lipinski definition) is 2. The number of hydrogen-bond acceptors (Lipinski definition) is 3. The molecule has 0 radical (unpaired) electrons. The Balaban J connectivity index is 1.95. The molecule has 4 nitrogen and oxygen atoms in total. The maximum absolute atomic E-state index is 11.2. The summed E-state index contributed by atoms with van der Waals surface area (Å²) in [6, 6.07) is 11.1. The molecule has 1 aliphatic heterocycles. The van der Waals surface area contributed by atoms with Gasteiger partial charge in [-0.05, 0) is 54.3 Å². The first-order valence-corrected chi connectivity index (χ1v) is 7.79. The Labute approximate surface area is 132 Å². The average Bonchev–Trinajstić information content (AvgIpc) is 2.64. The van der Waals surface area contributed by atoms with E-state index in [2.05, 4.69) is 5.32 Å². The summed E-state index contributed by atoms with van der Waals surface area (Å²) in [6.07, 6.45) is 1.73. The number of amides is 1. The van der Waals surface area contributed by atoms with E-state index in [0.717, 1.165) is 33.9 Å². The van der Waals surface area contributed by atoms with Crippen LogP contribution in [0.1, 0.15) is 28.4 Å². The molecule has 0 aliphatic carbocycles. The smallest absolute Gasteiger partial charge is 0.335 e. The minimum Gasteiger partial charge on any atom is -0.478 e. The van der Waals surface area contributed by atoms with Crippen LogP contribution >= 0.6 is 11.8 Å². The minimum atomic E-state index is -0.908. The number of aromatic carboxylic acids is 1. The molecule has 1 heterocycles. The first-order chi connectivity index (χ1) is 10.5. The van der Waals surface area contributed by atoms with Crippen molar-refractivity contribution in [1.82, 2.24) is 0 Å². The van der Waals surface area contributed by atoms with Gasteiger partial charge in [0, 0.05) is 22.4 Å². The molecule has 112 valence electrons. The van der Waals surface area contributed by atoms with Crippen LogP contribution < -0.4 is 5.32 Å². The summed E-state index contributed by atoms with van der Waals surface area (Å²) in [7, 11) is 0. The second-order valence-electron chi connectivity index (χ2n) is 5.23. The van der Waals surface area contributed by atoms with E-state index in [1.165, 1.54) is 12.5 Å². The van der Waals surface area contributed by atoms with Gasteiger partial charge in [0.25, 0.3) is 0 Å².